The summed E-state index contributed by atoms with van der Waals surface area (Å²) in [6, 6.07) is 1.12. The van der Waals surface area contributed by atoms with Gasteiger partial charge in [0.2, 0.25) is 5.88 Å². The van der Waals surface area contributed by atoms with E-state index < -0.39 is 19.0 Å². The van der Waals surface area contributed by atoms with Crippen molar-refractivity contribution in [1.82, 2.24) is 9.97 Å². The molecule has 17 heavy (non-hydrogen) atoms. The third kappa shape index (κ3) is 3.70. The minimum atomic E-state index is -4.23. The molecule has 0 aromatic carbocycles. The molecular formula is C8H10F4N4O. The van der Waals surface area contributed by atoms with Gasteiger partial charge in [0.05, 0.1) is 0 Å². The van der Waals surface area contributed by atoms with Crippen LogP contribution in [-0.4, -0.2) is 28.9 Å². The number of anilines is 1. The monoisotopic (exact) mass is 254 g/mol. The van der Waals surface area contributed by atoms with Crippen molar-refractivity contribution in [2.75, 3.05) is 12.0 Å². The van der Waals surface area contributed by atoms with Crippen molar-refractivity contribution < 1.29 is 22.3 Å². The number of ether oxygens (including phenoxy) is 1. The van der Waals surface area contributed by atoms with Gasteiger partial charge in [-0.15, -0.1) is 0 Å². The van der Waals surface area contributed by atoms with Crippen LogP contribution in [0.2, 0.25) is 0 Å². The number of hydrogen-bond donors (Lipinski definition) is 2. The van der Waals surface area contributed by atoms with Crippen LogP contribution in [0.1, 0.15) is 5.82 Å². The highest BCUT2D eigenvalue weighted by molar-refractivity contribution is 5.36. The molecule has 0 amide bonds. The summed E-state index contributed by atoms with van der Waals surface area (Å²) in [5, 5.41) is 0. The van der Waals surface area contributed by atoms with E-state index in [1.807, 2.05) is 0 Å². The minimum absolute atomic E-state index is 0.132. The number of nitrogens with one attached hydrogen (secondary N) is 1. The van der Waals surface area contributed by atoms with Gasteiger partial charge in [-0.2, -0.15) is 13.8 Å². The first-order chi connectivity index (χ1) is 7.85. The number of nitrogens with zero attached hydrogens (tertiary/aromatic N) is 2. The van der Waals surface area contributed by atoms with Gasteiger partial charge in [0.25, 0.3) is 0 Å². The fraction of sp³-hybridized carbons (Fsp3) is 0.500. The van der Waals surface area contributed by atoms with Crippen molar-refractivity contribution in [3.8, 4) is 5.88 Å². The lowest BCUT2D eigenvalue weighted by molar-refractivity contribution is -0.148. The molecule has 0 saturated carbocycles. The Labute approximate surface area is 94.0 Å². The van der Waals surface area contributed by atoms with E-state index in [0.717, 1.165) is 6.07 Å². The minimum Gasteiger partial charge on any atom is -0.471 e. The molecule has 0 aliphatic rings. The number of hydrogen-bond acceptors (Lipinski definition) is 5. The quantitative estimate of drug-likeness (QED) is 0.471. The van der Waals surface area contributed by atoms with Crippen molar-refractivity contribution in [3.05, 3.63) is 11.9 Å². The maximum atomic E-state index is 12.6. The third-order valence-electron chi connectivity index (χ3n) is 1.69. The molecule has 0 aliphatic heterocycles. The molecule has 0 aliphatic carbocycles. The fourth-order valence-corrected chi connectivity index (χ4v) is 0.921. The maximum absolute atomic E-state index is 12.6. The number of aromatic nitrogens is 2. The molecule has 0 saturated heterocycles. The van der Waals surface area contributed by atoms with Gasteiger partial charge in [0, 0.05) is 6.07 Å². The highest BCUT2D eigenvalue weighted by atomic mass is 19.3. The molecule has 96 valence electrons. The summed E-state index contributed by atoms with van der Waals surface area (Å²) in [7, 11) is 0. The number of nitrogens with two attached hydrogens (primary N) is 1. The largest absolute Gasteiger partial charge is 0.471 e. The van der Waals surface area contributed by atoms with Crippen molar-refractivity contribution in [1.29, 1.82) is 0 Å². The summed E-state index contributed by atoms with van der Waals surface area (Å²) < 4.78 is 53.3. The fourth-order valence-electron chi connectivity index (χ4n) is 0.921. The summed E-state index contributed by atoms with van der Waals surface area (Å²) >= 11 is 0. The van der Waals surface area contributed by atoms with Gasteiger partial charge in [0.15, 0.2) is 6.61 Å². The van der Waals surface area contributed by atoms with E-state index in [1.165, 1.54) is 6.92 Å². The zero-order chi connectivity index (χ0) is 13.1. The maximum Gasteiger partial charge on any atom is 0.340 e. The van der Waals surface area contributed by atoms with Crippen LogP contribution in [0.4, 0.5) is 23.4 Å². The second-order valence-electron chi connectivity index (χ2n) is 3.13. The predicted octanol–water partition coefficient (Wildman–Crippen LogP) is 1.35. The molecule has 0 bridgehead atoms. The SMILES string of the molecule is Cc1nc(NN)cc(OCC(F)(F)C(F)F)n1. The topological polar surface area (TPSA) is 73.1 Å². The van der Waals surface area contributed by atoms with E-state index in [4.69, 9.17) is 5.84 Å². The Kier molecular flexibility index (Phi) is 4.05. The molecule has 0 fully saturated rings. The zero-order valence-corrected chi connectivity index (χ0v) is 8.75. The normalized spacial score (nSPS) is 11.7. The van der Waals surface area contributed by atoms with Crippen molar-refractivity contribution in [2.45, 2.75) is 19.3 Å². The van der Waals surface area contributed by atoms with E-state index >= 15 is 0 Å². The van der Waals surface area contributed by atoms with Crippen molar-refractivity contribution >= 4 is 5.82 Å². The molecule has 0 spiro atoms. The van der Waals surface area contributed by atoms with Crippen molar-refractivity contribution in [2.24, 2.45) is 5.84 Å². The second-order valence-corrected chi connectivity index (χ2v) is 3.13. The Bertz CT molecular complexity index is 388. The molecule has 1 heterocycles. The van der Waals surface area contributed by atoms with Crippen LogP contribution in [0.25, 0.3) is 0 Å². The Morgan fingerprint density at radius 1 is 1.47 bits per heavy atom. The summed E-state index contributed by atoms with van der Waals surface area (Å²) in [5.74, 6) is 0.905. The van der Waals surface area contributed by atoms with Crippen LogP contribution in [0.3, 0.4) is 0 Å². The summed E-state index contributed by atoms with van der Waals surface area (Å²) in [4.78, 5) is 7.41. The molecule has 3 N–H and O–H groups in total. The van der Waals surface area contributed by atoms with E-state index in [-0.39, 0.29) is 17.5 Å². The van der Waals surface area contributed by atoms with Crippen LogP contribution in [0.5, 0.6) is 5.88 Å². The van der Waals surface area contributed by atoms with E-state index in [0.29, 0.717) is 0 Å². The first-order valence-electron chi connectivity index (χ1n) is 4.46. The summed E-state index contributed by atoms with van der Waals surface area (Å²) in [6.07, 6.45) is -3.79. The number of halogens is 4. The van der Waals surface area contributed by atoms with Gasteiger partial charge in [-0.1, -0.05) is 0 Å². The zero-order valence-electron chi connectivity index (χ0n) is 8.75. The molecule has 5 nitrogen and oxygen atoms in total. The van der Waals surface area contributed by atoms with Crippen LogP contribution in [0.15, 0.2) is 6.07 Å². The predicted molar refractivity (Wildman–Crippen MR) is 51.0 cm³/mol. The molecule has 1 aromatic rings. The molecule has 0 unspecified atom stereocenters. The highest BCUT2D eigenvalue weighted by Gasteiger charge is 2.41. The lowest BCUT2D eigenvalue weighted by Crippen LogP contribution is -2.34. The first kappa shape index (κ1) is 13.4. The Hall–Kier alpha value is -1.64. The lowest BCUT2D eigenvalue weighted by atomic mass is 10.4. The number of aryl methyl sites for hydroxylation is 1. The van der Waals surface area contributed by atoms with Gasteiger partial charge < -0.3 is 10.2 Å². The molecule has 1 aromatic heterocycles. The number of rotatable bonds is 5. The average Bonchev–Trinajstić information content (AvgIpc) is 2.25. The van der Waals surface area contributed by atoms with Crippen LogP contribution in [-0.2, 0) is 0 Å². The first-order valence-corrected chi connectivity index (χ1v) is 4.46. The summed E-state index contributed by atoms with van der Waals surface area (Å²) in [6.45, 7) is 0.00405. The molecular weight excluding hydrogens is 244 g/mol. The summed E-state index contributed by atoms with van der Waals surface area (Å²) in [5.41, 5.74) is 2.16. The van der Waals surface area contributed by atoms with E-state index in [2.05, 4.69) is 20.1 Å². The number of nitrogen functional groups attached to an aromatic ring is 1. The molecule has 9 heteroatoms. The smallest absolute Gasteiger partial charge is 0.340 e. The van der Waals surface area contributed by atoms with Crippen molar-refractivity contribution in [3.63, 3.8) is 0 Å². The molecule has 0 radical (unpaired) electrons. The molecule has 1 rings (SSSR count). The van der Waals surface area contributed by atoms with Gasteiger partial charge in [-0.25, -0.2) is 19.6 Å². The van der Waals surface area contributed by atoms with Gasteiger partial charge in [0.1, 0.15) is 11.6 Å². The van der Waals surface area contributed by atoms with E-state index in [9.17, 15) is 17.6 Å². The van der Waals surface area contributed by atoms with E-state index in [1.54, 1.807) is 0 Å². The standard InChI is InChI=1S/C8H10F4N4O/c1-4-14-5(16-13)2-6(15-4)17-3-8(11,12)7(9)10/h2,7H,3,13H2,1H3,(H,14,15,16). The van der Waals surface area contributed by atoms with Crippen LogP contribution in [0, 0.1) is 6.92 Å². The van der Waals surface area contributed by atoms with Crippen LogP contribution >= 0.6 is 0 Å². The molecule has 0 atom stereocenters. The number of alkyl halides is 4. The van der Waals surface area contributed by atoms with Gasteiger partial charge >= 0.3 is 12.3 Å². The number of hydrazine groups is 1. The highest BCUT2D eigenvalue weighted by Crippen LogP contribution is 2.24. The second kappa shape index (κ2) is 5.13. The average molecular weight is 254 g/mol. The Morgan fingerprint density at radius 2 is 2.12 bits per heavy atom. The Balaban J connectivity index is 2.72. The third-order valence-corrected chi connectivity index (χ3v) is 1.69. The van der Waals surface area contributed by atoms with Gasteiger partial charge in [-0.05, 0) is 6.92 Å². The van der Waals surface area contributed by atoms with Gasteiger partial charge in [-0.3, -0.25) is 0 Å². The Morgan fingerprint density at radius 3 is 2.65 bits per heavy atom. The van der Waals surface area contributed by atoms with Crippen LogP contribution < -0.4 is 16.0 Å². The lowest BCUT2D eigenvalue weighted by Gasteiger charge is -2.15.